The van der Waals surface area contributed by atoms with E-state index in [1.54, 1.807) is 31.2 Å². The van der Waals surface area contributed by atoms with Crippen LogP contribution in [0.2, 0.25) is 0 Å². The van der Waals surface area contributed by atoms with Gasteiger partial charge in [-0.3, -0.25) is 9.59 Å². The number of hydrogen-bond donors (Lipinski definition) is 0. The molecule has 22 heavy (non-hydrogen) atoms. The van der Waals surface area contributed by atoms with Crippen molar-refractivity contribution in [3.05, 3.63) is 35.9 Å². The minimum Gasteiger partial charge on any atom is -0.444 e. The Morgan fingerprint density at radius 1 is 1.18 bits per heavy atom. The quantitative estimate of drug-likeness (QED) is 0.636. The van der Waals surface area contributed by atoms with Crippen LogP contribution in [-0.4, -0.2) is 34.8 Å². The summed E-state index contributed by atoms with van der Waals surface area (Å²) in [6.07, 6.45) is 2.73. The van der Waals surface area contributed by atoms with Crippen LogP contribution in [0.25, 0.3) is 0 Å². The van der Waals surface area contributed by atoms with Gasteiger partial charge in [0, 0.05) is 5.56 Å². The molecule has 2 amide bonds. The number of carbonyl (C=O) groups excluding carboxylic acids is 3. The minimum absolute atomic E-state index is 0.204. The Morgan fingerprint density at radius 3 is 2.59 bits per heavy atom. The molecule has 1 saturated heterocycles. The van der Waals surface area contributed by atoms with E-state index >= 15 is 0 Å². The topological polar surface area (TPSA) is 63.7 Å². The summed E-state index contributed by atoms with van der Waals surface area (Å²) in [6.45, 7) is 1.56. The standard InChI is InChI=1S/C17H19NO4/c1-11(15(19)12-7-3-2-4-8-12)16(20)18-13-9-5-6-10-14(13)22-17(18)21/h2-4,7-8,11,13-14H,5-6,9-10H2,1H3/t11-,13+,14+/m1/s1. The SMILES string of the molecule is C[C@H](C(=O)c1ccccc1)C(=O)N1C(=O)O[C@H]2CCCC[C@@H]21. The highest BCUT2D eigenvalue weighted by molar-refractivity contribution is 6.12. The summed E-state index contributed by atoms with van der Waals surface area (Å²) in [5.74, 6) is -1.60. The van der Waals surface area contributed by atoms with E-state index in [4.69, 9.17) is 4.74 Å². The number of ether oxygens (including phenoxy) is 1. The van der Waals surface area contributed by atoms with E-state index in [1.165, 1.54) is 4.90 Å². The summed E-state index contributed by atoms with van der Waals surface area (Å²) < 4.78 is 5.29. The molecule has 0 bridgehead atoms. The lowest BCUT2D eigenvalue weighted by molar-refractivity contribution is -0.131. The van der Waals surface area contributed by atoms with Crippen molar-refractivity contribution in [1.29, 1.82) is 0 Å². The van der Waals surface area contributed by atoms with Crippen molar-refractivity contribution in [2.24, 2.45) is 5.92 Å². The molecule has 5 heteroatoms. The summed E-state index contributed by atoms with van der Waals surface area (Å²) in [5, 5.41) is 0. The van der Waals surface area contributed by atoms with Crippen LogP contribution >= 0.6 is 0 Å². The zero-order valence-corrected chi connectivity index (χ0v) is 12.5. The average Bonchev–Trinajstić information content (AvgIpc) is 2.89. The van der Waals surface area contributed by atoms with Gasteiger partial charge in [-0.15, -0.1) is 0 Å². The molecule has 1 aliphatic carbocycles. The molecule has 0 spiro atoms. The second-order valence-electron chi connectivity index (χ2n) is 5.93. The van der Waals surface area contributed by atoms with Crippen molar-refractivity contribution in [3.63, 3.8) is 0 Å². The first kappa shape index (κ1) is 14.8. The number of nitrogens with zero attached hydrogens (tertiary/aromatic N) is 1. The van der Waals surface area contributed by atoms with Gasteiger partial charge in [-0.05, 0) is 26.2 Å². The molecular weight excluding hydrogens is 282 g/mol. The number of amides is 2. The molecule has 2 aliphatic rings. The van der Waals surface area contributed by atoms with Gasteiger partial charge in [0.1, 0.15) is 6.10 Å². The summed E-state index contributed by atoms with van der Waals surface area (Å²) in [6, 6.07) is 8.47. The van der Waals surface area contributed by atoms with E-state index < -0.39 is 17.9 Å². The second kappa shape index (κ2) is 5.91. The highest BCUT2D eigenvalue weighted by Crippen LogP contribution is 2.33. The Kier molecular flexibility index (Phi) is 3.96. The largest absolute Gasteiger partial charge is 0.444 e. The number of ketones is 1. The lowest BCUT2D eigenvalue weighted by atomic mass is 9.91. The monoisotopic (exact) mass is 301 g/mol. The Hall–Kier alpha value is -2.17. The molecule has 0 aromatic heterocycles. The van der Waals surface area contributed by atoms with Gasteiger partial charge in [-0.1, -0.05) is 36.8 Å². The summed E-state index contributed by atoms with van der Waals surface area (Å²) in [4.78, 5) is 38.2. The van der Waals surface area contributed by atoms with Gasteiger partial charge in [0.05, 0.1) is 12.0 Å². The first-order valence-electron chi connectivity index (χ1n) is 7.72. The third kappa shape index (κ3) is 2.51. The Bertz CT molecular complexity index is 598. The molecule has 5 nitrogen and oxygen atoms in total. The van der Waals surface area contributed by atoms with Crippen LogP contribution in [0.5, 0.6) is 0 Å². The van der Waals surface area contributed by atoms with Gasteiger partial charge in [-0.25, -0.2) is 9.69 Å². The maximum Gasteiger partial charge on any atom is 0.417 e. The molecule has 1 aliphatic heterocycles. The summed E-state index contributed by atoms with van der Waals surface area (Å²) in [7, 11) is 0. The number of rotatable bonds is 3. The molecule has 1 aromatic rings. The van der Waals surface area contributed by atoms with Crippen LogP contribution in [0.4, 0.5) is 4.79 Å². The molecule has 0 N–H and O–H groups in total. The van der Waals surface area contributed by atoms with Gasteiger partial charge in [-0.2, -0.15) is 0 Å². The smallest absolute Gasteiger partial charge is 0.417 e. The number of Topliss-reactive ketones (excluding diaryl/α,β-unsaturated/α-hetero) is 1. The number of carbonyl (C=O) groups is 3. The first-order valence-corrected chi connectivity index (χ1v) is 7.72. The first-order chi connectivity index (χ1) is 10.6. The van der Waals surface area contributed by atoms with Crippen LogP contribution in [0.15, 0.2) is 30.3 Å². The molecule has 1 saturated carbocycles. The number of fused-ring (bicyclic) bond motifs is 1. The minimum atomic E-state index is -0.879. The van der Waals surface area contributed by atoms with Crippen molar-refractivity contribution in [2.45, 2.75) is 44.8 Å². The van der Waals surface area contributed by atoms with E-state index in [-0.39, 0.29) is 17.9 Å². The molecule has 116 valence electrons. The van der Waals surface area contributed by atoms with Crippen LogP contribution < -0.4 is 0 Å². The third-order valence-corrected chi connectivity index (χ3v) is 4.51. The summed E-state index contributed by atoms with van der Waals surface area (Å²) in [5.41, 5.74) is 0.483. The summed E-state index contributed by atoms with van der Waals surface area (Å²) >= 11 is 0. The predicted octanol–water partition coefficient (Wildman–Crippen LogP) is 2.80. The molecule has 1 heterocycles. The highest BCUT2D eigenvalue weighted by Gasteiger charge is 2.47. The lowest BCUT2D eigenvalue weighted by Crippen LogP contribution is -2.46. The van der Waals surface area contributed by atoms with Crippen LogP contribution in [0.1, 0.15) is 43.0 Å². The maximum atomic E-state index is 12.6. The van der Waals surface area contributed by atoms with E-state index in [0.717, 1.165) is 25.7 Å². The van der Waals surface area contributed by atoms with Crippen molar-refractivity contribution in [3.8, 4) is 0 Å². The van der Waals surface area contributed by atoms with E-state index in [0.29, 0.717) is 5.56 Å². The molecule has 3 rings (SSSR count). The van der Waals surface area contributed by atoms with Crippen LogP contribution in [-0.2, 0) is 9.53 Å². The fraction of sp³-hybridized carbons (Fsp3) is 0.471. The highest BCUT2D eigenvalue weighted by atomic mass is 16.6. The predicted molar refractivity (Wildman–Crippen MR) is 79.3 cm³/mol. The van der Waals surface area contributed by atoms with Crippen LogP contribution in [0, 0.1) is 5.92 Å². The average molecular weight is 301 g/mol. The van der Waals surface area contributed by atoms with Crippen molar-refractivity contribution in [1.82, 2.24) is 4.90 Å². The Labute approximate surface area is 129 Å². The normalized spacial score (nSPS) is 25.3. The molecule has 3 atom stereocenters. The fourth-order valence-electron chi connectivity index (χ4n) is 3.26. The molecule has 0 unspecified atom stereocenters. The zero-order chi connectivity index (χ0) is 15.7. The maximum absolute atomic E-state index is 12.6. The number of hydrogen-bond acceptors (Lipinski definition) is 4. The van der Waals surface area contributed by atoms with E-state index in [9.17, 15) is 14.4 Å². The van der Waals surface area contributed by atoms with E-state index in [2.05, 4.69) is 0 Å². The lowest BCUT2D eigenvalue weighted by Gasteiger charge is -2.28. The molecular formula is C17H19NO4. The molecule has 2 fully saturated rings. The second-order valence-corrected chi connectivity index (χ2v) is 5.93. The van der Waals surface area contributed by atoms with Crippen LogP contribution in [0.3, 0.4) is 0 Å². The van der Waals surface area contributed by atoms with Gasteiger partial charge >= 0.3 is 6.09 Å². The number of imide groups is 1. The van der Waals surface area contributed by atoms with Gasteiger partial charge < -0.3 is 4.74 Å². The third-order valence-electron chi connectivity index (χ3n) is 4.51. The van der Waals surface area contributed by atoms with Crippen molar-refractivity contribution >= 4 is 17.8 Å². The fourth-order valence-corrected chi connectivity index (χ4v) is 3.26. The Morgan fingerprint density at radius 2 is 1.86 bits per heavy atom. The zero-order valence-electron chi connectivity index (χ0n) is 12.5. The molecule has 0 radical (unpaired) electrons. The Balaban J connectivity index is 1.78. The van der Waals surface area contributed by atoms with Crippen molar-refractivity contribution in [2.75, 3.05) is 0 Å². The van der Waals surface area contributed by atoms with Gasteiger partial charge in [0.2, 0.25) is 5.91 Å². The molecule has 1 aromatic carbocycles. The van der Waals surface area contributed by atoms with Gasteiger partial charge in [0.25, 0.3) is 0 Å². The number of benzene rings is 1. The van der Waals surface area contributed by atoms with Crippen molar-refractivity contribution < 1.29 is 19.1 Å². The van der Waals surface area contributed by atoms with Gasteiger partial charge in [0.15, 0.2) is 5.78 Å². The van der Waals surface area contributed by atoms with E-state index in [1.807, 2.05) is 6.07 Å².